The van der Waals surface area contributed by atoms with Gasteiger partial charge in [0.25, 0.3) is 11.8 Å². The van der Waals surface area contributed by atoms with E-state index in [0.717, 1.165) is 0 Å². The predicted octanol–water partition coefficient (Wildman–Crippen LogP) is 0.593. The third kappa shape index (κ3) is 3.22. The molecule has 0 aliphatic rings. The minimum absolute atomic E-state index is 0.229. The van der Waals surface area contributed by atoms with Crippen molar-refractivity contribution in [2.45, 2.75) is 6.92 Å². The van der Waals surface area contributed by atoms with E-state index in [4.69, 9.17) is 0 Å². The maximum absolute atomic E-state index is 12.3. The van der Waals surface area contributed by atoms with E-state index in [1.54, 1.807) is 48.1 Å². The molecule has 0 aliphatic carbocycles. The van der Waals surface area contributed by atoms with Gasteiger partial charge in [0.15, 0.2) is 0 Å². The van der Waals surface area contributed by atoms with E-state index in [1.165, 1.54) is 6.20 Å². The molecule has 3 aromatic rings. The summed E-state index contributed by atoms with van der Waals surface area (Å²) in [5.41, 5.74) is 1.52. The topological polar surface area (TPSA) is 101 Å². The van der Waals surface area contributed by atoms with Gasteiger partial charge in [-0.15, -0.1) is 0 Å². The van der Waals surface area contributed by atoms with Crippen molar-refractivity contribution < 1.29 is 9.59 Å². The lowest BCUT2D eigenvalue weighted by atomic mass is 10.3. The zero-order valence-corrected chi connectivity index (χ0v) is 13.1. The zero-order valence-electron chi connectivity index (χ0n) is 13.1. The van der Waals surface area contributed by atoms with E-state index in [1.807, 2.05) is 0 Å². The summed E-state index contributed by atoms with van der Waals surface area (Å²) in [7, 11) is 0. The molecule has 0 atom stereocenters. The highest BCUT2D eigenvalue weighted by molar-refractivity contribution is 5.95. The van der Waals surface area contributed by atoms with Crippen molar-refractivity contribution in [3.63, 3.8) is 0 Å². The molecule has 0 bridgehead atoms. The van der Waals surface area contributed by atoms with Crippen molar-refractivity contribution in [2.75, 3.05) is 13.1 Å². The molecule has 0 radical (unpaired) electrons. The smallest absolute Gasteiger partial charge is 0.270 e. The summed E-state index contributed by atoms with van der Waals surface area (Å²) in [6.45, 7) is 2.37. The zero-order chi connectivity index (χ0) is 16.9. The number of fused-ring (bicyclic) bond motifs is 1. The van der Waals surface area contributed by atoms with Gasteiger partial charge >= 0.3 is 0 Å². The molecule has 8 heteroatoms. The average Bonchev–Trinajstić information content (AvgIpc) is 2.95. The first kappa shape index (κ1) is 15.6. The highest BCUT2D eigenvalue weighted by Gasteiger charge is 2.16. The van der Waals surface area contributed by atoms with Crippen molar-refractivity contribution in [1.82, 2.24) is 30.0 Å². The van der Waals surface area contributed by atoms with Gasteiger partial charge in [-0.1, -0.05) is 0 Å². The van der Waals surface area contributed by atoms with E-state index >= 15 is 0 Å². The summed E-state index contributed by atoms with van der Waals surface area (Å²) < 4.78 is 1.64. The number of rotatable bonds is 5. The normalized spacial score (nSPS) is 10.5. The summed E-state index contributed by atoms with van der Waals surface area (Å²) >= 11 is 0. The largest absolute Gasteiger partial charge is 0.350 e. The molecule has 0 unspecified atom stereocenters. The molecular formula is C16H16N6O2. The van der Waals surface area contributed by atoms with Crippen LogP contribution in [0.4, 0.5) is 0 Å². The number of aromatic nitrogens is 4. The Labute approximate surface area is 138 Å². The number of carbonyl (C=O) groups excluding carboxylic acids is 2. The lowest BCUT2D eigenvalue weighted by Crippen LogP contribution is -2.35. The first-order chi connectivity index (χ1) is 11.7. The van der Waals surface area contributed by atoms with Crippen LogP contribution in [0.25, 0.3) is 5.78 Å². The van der Waals surface area contributed by atoms with Crippen LogP contribution < -0.4 is 10.6 Å². The van der Waals surface area contributed by atoms with Crippen LogP contribution in [0.15, 0.2) is 43.0 Å². The van der Waals surface area contributed by atoms with Crippen LogP contribution in [0.2, 0.25) is 0 Å². The van der Waals surface area contributed by atoms with Gasteiger partial charge in [0, 0.05) is 37.9 Å². The van der Waals surface area contributed by atoms with Crippen molar-refractivity contribution in [3.05, 3.63) is 59.9 Å². The van der Waals surface area contributed by atoms with Crippen LogP contribution in [-0.4, -0.2) is 44.3 Å². The Morgan fingerprint density at radius 2 is 1.92 bits per heavy atom. The molecule has 3 aromatic heterocycles. The number of hydrogen-bond acceptors (Lipinski definition) is 5. The van der Waals surface area contributed by atoms with Crippen LogP contribution >= 0.6 is 0 Å². The van der Waals surface area contributed by atoms with Gasteiger partial charge < -0.3 is 10.6 Å². The van der Waals surface area contributed by atoms with Gasteiger partial charge in [0.05, 0.1) is 11.3 Å². The molecule has 0 saturated heterocycles. The first-order valence-electron chi connectivity index (χ1n) is 7.43. The molecule has 122 valence electrons. The third-order valence-corrected chi connectivity index (χ3v) is 3.41. The number of pyridine rings is 1. The third-order valence-electron chi connectivity index (χ3n) is 3.41. The Morgan fingerprint density at radius 1 is 1.12 bits per heavy atom. The fraction of sp³-hybridized carbons (Fsp3) is 0.188. The van der Waals surface area contributed by atoms with Crippen LogP contribution in [-0.2, 0) is 0 Å². The standard InChI is InChI=1S/C16H16N6O2/c1-11-13(22-9-3-6-20-16(22)21-11)15(24)19-8-7-18-14(23)12-4-2-5-17-10-12/h2-6,9-10H,7-8H2,1H3,(H,18,23)(H,19,24). The highest BCUT2D eigenvalue weighted by atomic mass is 16.2. The lowest BCUT2D eigenvalue weighted by Gasteiger charge is -2.07. The van der Waals surface area contributed by atoms with Crippen LogP contribution in [0.1, 0.15) is 26.5 Å². The number of nitrogens with zero attached hydrogens (tertiary/aromatic N) is 4. The molecular weight excluding hydrogens is 308 g/mol. The van der Waals surface area contributed by atoms with Gasteiger partial charge in [-0.25, -0.2) is 9.97 Å². The van der Waals surface area contributed by atoms with Crippen molar-refractivity contribution in [2.24, 2.45) is 0 Å². The van der Waals surface area contributed by atoms with Crippen molar-refractivity contribution in [1.29, 1.82) is 0 Å². The number of aryl methyl sites for hydroxylation is 1. The summed E-state index contributed by atoms with van der Waals surface area (Å²) in [6, 6.07) is 5.10. The fourth-order valence-corrected chi connectivity index (χ4v) is 2.31. The number of nitrogens with one attached hydrogen (secondary N) is 2. The Kier molecular flexibility index (Phi) is 4.46. The van der Waals surface area contributed by atoms with Crippen molar-refractivity contribution >= 4 is 17.6 Å². The predicted molar refractivity (Wildman–Crippen MR) is 86.6 cm³/mol. The van der Waals surface area contributed by atoms with E-state index in [9.17, 15) is 9.59 Å². The Balaban J connectivity index is 1.56. The molecule has 8 nitrogen and oxygen atoms in total. The number of carbonyl (C=O) groups is 2. The Hall–Kier alpha value is -3.29. The van der Waals surface area contributed by atoms with Gasteiger partial charge in [-0.2, -0.15) is 0 Å². The van der Waals surface area contributed by atoms with E-state index in [-0.39, 0.29) is 11.8 Å². The molecule has 24 heavy (non-hydrogen) atoms. The molecule has 0 spiro atoms. The summed E-state index contributed by atoms with van der Waals surface area (Å²) in [5, 5.41) is 5.49. The Bertz CT molecular complexity index is 875. The quantitative estimate of drug-likeness (QED) is 0.669. The minimum atomic E-state index is -0.261. The lowest BCUT2D eigenvalue weighted by molar-refractivity contribution is 0.0924. The summed E-state index contributed by atoms with van der Waals surface area (Å²) in [6.07, 6.45) is 6.45. The SMILES string of the molecule is Cc1nc2ncccn2c1C(=O)NCCNC(=O)c1cccnc1. The first-order valence-corrected chi connectivity index (χ1v) is 7.43. The second-order valence-electron chi connectivity index (χ2n) is 5.09. The molecule has 0 fully saturated rings. The van der Waals surface area contributed by atoms with Gasteiger partial charge in [0.2, 0.25) is 5.78 Å². The maximum Gasteiger partial charge on any atom is 0.270 e. The molecule has 2 amide bonds. The van der Waals surface area contributed by atoms with Gasteiger partial charge in [0.1, 0.15) is 5.69 Å². The fourth-order valence-electron chi connectivity index (χ4n) is 2.31. The van der Waals surface area contributed by atoms with E-state index in [0.29, 0.717) is 35.8 Å². The number of imidazole rings is 1. The number of hydrogen-bond donors (Lipinski definition) is 2. The molecule has 3 rings (SSSR count). The van der Waals surface area contributed by atoms with Gasteiger partial charge in [-0.05, 0) is 25.1 Å². The van der Waals surface area contributed by atoms with Crippen molar-refractivity contribution in [3.8, 4) is 0 Å². The monoisotopic (exact) mass is 324 g/mol. The molecule has 0 saturated carbocycles. The molecule has 2 N–H and O–H groups in total. The second-order valence-corrected chi connectivity index (χ2v) is 5.09. The van der Waals surface area contributed by atoms with E-state index in [2.05, 4.69) is 25.6 Å². The summed E-state index contributed by atoms with van der Waals surface area (Å²) in [4.78, 5) is 36.4. The summed E-state index contributed by atoms with van der Waals surface area (Å²) in [5.74, 6) is -0.0128. The van der Waals surface area contributed by atoms with Crippen LogP contribution in [0, 0.1) is 6.92 Å². The number of amides is 2. The van der Waals surface area contributed by atoms with E-state index < -0.39 is 0 Å². The van der Waals surface area contributed by atoms with Gasteiger partial charge in [-0.3, -0.25) is 19.0 Å². The van der Waals surface area contributed by atoms with Crippen LogP contribution in [0.3, 0.4) is 0 Å². The molecule has 0 aliphatic heterocycles. The van der Waals surface area contributed by atoms with Crippen LogP contribution in [0.5, 0.6) is 0 Å². The second kappa shape index (κ2) is 6.86. The molecule has 0 aromatic carbocycles. The average molecular weight is 324 g/mol. The highest BCUT2D eigenvalue weighted by Crippen LogP contribution is 2.09. The minimum Gasteiger partial charge on any atom is -0.350 e. The maximum atomic E-state index is 12.3. The Morgan fingerprint density at radius 3 is 2.67 bits per heavy atom. The molecule has 3 heterocycles.